The molecule has 1 aromatic carbocycles. The lowest BCUT2D eigenvalue weighted by Gasteiger charge is -2.12. The van der Waals surface area contributed by atoms with Crippen molar-refractivity contribution in [2.45, 2.75) is 129 Å². The third kappa shape index (κ3) is 14.0. The molecule has 2 atom stereocenters. The lowest BCUT2D eigenvalue weighted by molar-refractivity contribution is -0.0772. The van der Waals surface area contributed by atoms with Crippen molar-refractivity contribution in [3.05, 3.63) is 35.9 Å². The smallest absolute Gasteiger partial charge is 0.158 e. The fourth-order valence-electron chi connectivity index (χ4n) is 4.31. The molecule has 3 heteroatoms. The zero-order valence-electron chi connectivity index (χ0n) is 20.2. The number of hydrogen-bond acceptors (Lipinski definition) is 3. The largest absolute Gasteiger partial charge is 0.374 e. The Hall–Kier alpha value is -0.900. The molecule has 0 aromatic heterocycles. The quantitative estimate of drug-likeness (QED) is 0.194. The van der Waals surface area contributed by atoms with Gasteiger partial charge in [-0.15, -0.1) is 0 Å². The van der Waals surface area contributed by atoms with E-state index in [2.05, 4.69) is 19.1 Å². The average molecular weight is 433 g/mol. The van der Waals surface area contributed by atoms with Gasteiger partial charge in [0.15, 0.2) is 6.29 Å². The zero-order chi connectivity index (χ0) is 21.8. The van der Waals surface area contributed by atoms with Gasteiger partial charge in [0.2, 0.25) is 0 Å². The Bertz CT molecular complexity index is 504. The van der Waals surface area contributed by atoms with Crippen LogP contribution in [0.15, 0.2) is 30.3 Å². The molecule has 0 bridgehead atoms. The fourth-order valence-corrected chi connectivity index (χ4v) is 4.31. The summed E-state index contributed by atoms with van der Waals surface area (Å²) < 4.78 is 17.5. The molecule has 31 heavy (non-hydrogen) atoms. The van der Waals surface area contributed by atoms with Gasteiger partial charge in [0.05, 0.1) is 19.8 Å². The monoisotopic (exact) mass is 432 g/mol. The summed E-state index contributed by atoms with van der Waals surface area (Å²) in [7, 11) is 0. The van der Waals surface area contributed by atoms with Gasteiger partial charge in [-0.25, -0.2) is 0 Å². The number of benzene rings is 1. The fraction of sp³-hybridized carbons (Fsp3) is 0.786. The first-order valence-corrected chi connectivity index (χ1v) is 13.3. The highest BCUT2D eigenvalue weighted by atomic mass is 16.7. The van der Waals surface area contributed by atoms with Crippen LogP contribution in [-0.4, -0.2) is 25.6 Å². The maximum atomic E-state index is 5.97. The summed E-state index contributed by atoms with van der Waals surface area (Å²) in [6.07, 6.45) is 22.1. The molecule has 1 aliphatic heterocycles. The van der Waals surface area contributed by atoms with Crippen LogP contribution in [0, 0.1) is 0 Å². The summed E-state index contributed by atoms with van der Waals surface area (Å²) in [6.45, 7) is 4.21. The van der Waals surface area contributed by atoms with E-state index in [0.717, 1.165) is 6.42 Å². The predicted molar refractivity (Wildman–Crippen MR) is 130 cm³/mol. The van der Waals surface area contributed by atoms with Gasteiger partial charge in [-0.1, -0.05) is 127 Å². The van der Waals surface area contributed by atoms with Crippen LogP contribution in [0.25, 0.3) is 0 Å². The molecule has 1 fully saturated rings. The SMILES string of the molecule is CCCCCCCCCCCCCCCCCC1OCC(COCc2ccccc2)O1. The van der Waals surface area contributed by atoms with Gasteiger partial charge in [0, 0.05) is 0 Å². The molecule has 0 saturated carbocycles. The molecular formula is C28H48O3. The summed E-state index contributed by atoms with van der Waals surface area (Å²) in [6, 6.07) is 10.3. The molecule has 2 rings (SSSR count). The number of hydrogen-bond donors (Lipinski definition) is 0. The van der Waals surface area contributed by atoms with Crippen LogP contribution < -0.4 is 0 Å². The summed E-state index contributed by atoms with van der Waals surface area (Å²) >= 11 is 0. The van der Waals surface area contributed by atoms with E-state index >= 15 is 0 Å². The lowest BCUT2D eigenvalue weighted by atomic mass is 10.0. The first kappa shape index (κ1) is 26.4. The second-order valence-electron chi connectivity index (χ2n) is 9.26. The van der Waals surface area contributed by atoms with Crippen molar-refractivity contribution >= 4 is 0 Å². The normalized spacial score (nSPS) is 18.6. The second-order valence-corrected chi connectivity index (χ2v) is 9.26. The van der Waals surface area contributed by atoms with Crippen molar-refractivity contribution in [3.63, 3.8) is 0 Å². The maximum absolute atomic E-state index is 5.97. The molecule has 1 aromatic rings. The molecule has 0 aliphatic carbocycles. The van der Waals surface area contributed by atoms with Gasteiger partial charge >= 0.3 is 0 Å². The molecule has 2 unspecified atom stereocenters. The van der Waals surface area contributed by atoms with Gasteiger partial charge in [0.1, 0.15) is 6.10 Å². The highest BCUT2D eigenvalue weighted by Crippen LogP contribution is 2.19. The first-order chi connectivity index (χ1) is 15.4. The highest BCUT2D eigenvalue weighted by Gasteiger charge is 2.25. The summed E-state index contributed by atoms with van der Waals surface area (Å²) in [5.74, 6) is 0. The first-order valence-electron chi connectivity index (χ1n) is 13.3. The van der Waals surface area contributed by atoms with E-state index < -0.39 is 0 Å². The molecule has 3 nitrogen and oxygen atoms in total. The second kappa shape index (κ2) is 18.7. The average Bonchev–Trinajstić information content (AvgIpc) is 3.25. The van der Waals surface area contributed by atoms with Crippen LogP contribution in [0.2, 0.25) is 0 Å². The molecule has 1 aliphatic rings. The van der Waals surface area contributed by atoms with Crippen LogP contribution in [0.1, 0.15) is 115 Å². The van der Waals surface area contributed by atoms with E-state index in [0.29, 0.717) is 19.8 Å². The Balaban J connectivity index is 1.30. The molecule has 0 radical (unpaired) electrons. The van der Waals surface area contributed by atoms with Gasteiger partial charge in [-0.3, -0.25) is 0 Å². The van der Waals surface area contributed by atoms with E-state index in [4.69, 9.17) is 14.2 Å². The van der Waals surface area contributed by atoms with Crippen molar-refractivity contribution in [2.24, 2.45) is 0 Å². The molecule has 0 amide bonds. The minimum absolute atomic E-state index is 0.0210. The van der Waals surface area contributed by atoms with Gasteiger partial charge in [-0.05, 0) is 18.4 Å². The third-order valence-corrected chi connectivity index (χ3v) is 6.27. The van der Waals surface area contributed by atoms with Gasteiger partial charge in [0.25, 0.3) is 0 Å². The molecule has 0 N–H and O–H groups in total. The Kier molecular flexibility index (Phi) is 15.9. The standard InChI is InChI=1S/C28H48O3/c1-2-3-4-5-6-7-8-9-10-11-12-13-14-15-19-22-28-30-25-27(31-28)24-29-23-26-20-17-16-18-21-26/h16-18,20-21,27-28H,2-15,19,22-25H2,1H3. The molecule has 1 heterocycles. The molecular weight excluding hydrogens is 384 g/mol. The minimum atomic E-state index is -0.0210. The van der Waals surface area contributed by atoms with E-state index in [1.165, 1.54) is 102 Å². The minimum Gasteiger partial charge on any atom is -0.374 e. The van der Waals surface area contributed by atoms with Crippen LogP contribution in [0.4, 0.5) is 0 Å². The van der Waals surface area contributed by atoms with Crippen LogP contribution in [-0.2, 0) is 20.8 Å². The van der Waals surface area contributed by atoms with Gasteiger partial charge < -0.3 is 14.2 Å². The number of ether oxygens (including phenoxy) is 3. The Morgan fingerprint density at radius 3 is 1.87 bits per heavy atom. The Labute approximate surface area is 192 Å². The van der Waals surface area contributed by atoms with Crippen molar-refractivity contribution in [2.75, 3.05) is 13.2 Å². The van der Waals surface area contributed by atoms with Gasteiger partial charge in [-0.2, -0.15) is 0 Å². The van der Waals surface area contributed by atoms with Crippen molar-refractivity contribution in [1.29, 1.82) is 0 Å². The topological polar surface area (TPSA) is 27.7 Å². The summed E-state index contributed by atoms with van der Waals surface area (Å²) in [4.78, 5) is 0. The van der Waals surface area contributed by atoms with Crippen LogP contribution in [0.5, 0.6) is 0 Å². The van der Waals surface area contributed by atoms with E-state index in [9.17, 15) is 0 Å². The number of rotatable bonds is 20. The summed E-state index contributed by atoms with van der Waals surface area (Å²) in [5, 5.41) is 0. The van der Waals surface area contributed by atoms with Crippen LogP contribution in [0.3, 0.4) is 0 Å². The molecule has 1 saturated heterocycles. The molecule has 0 spiro atoms. The van der Waals surface area contributed by atoms with Crippen LogP contribution >= 0.6 is 0 Å². The zero-order valence-corrected chi connectivity index (χ0v) is 20.2. The lowest BCUT2D eigenvalue weighted by Crippen LogP contribution is -2.19. The van der Waals surface area contributed by atoms with E-state index in [1.807, 2.05) is 18.2 Å². The van der Waals surface area contributed by atoms with Crippen molar-refractivity contribution in [3.8, 4) is 0 Å². The molecule has 178 valence electrons. The highest BCUT2D eigenvalue weighted by molar-refractivity contribution is 5.13. The Morgan fingerprint density at radius 2 is 1.29 bits per heavy atom. The predicted octanol–water partition coefficient (Wildman–Crippen LogP) is 8.21. The maximum Gasteiger partial charge on any atom is 0.158 e. The third-order valence-electron chi connectivity index (χ3n) is 6.27. The van der Waals surface area contributed by atoms with Crippen molar-refractivity contribution in [1.82, 2.24) is 0 Å². The number of unbranched alkanes of at least 4 members (excludes halogenated alkanes) is 14. The van der Waals surface area contributed by atoms with Crippen molar-refractivity contribution < 1.29 is 14.2 Å². The summed E-state index contributed by atoms with van der Waals surface area (Å²) in [5.41, 5.74) is 1.20. The van der Waals surface area contributed by atoms with E-state index in [1.54, 1.807) is 0 Å². The van der Waals surface area contributed by atoms with E-state index in [-0.39, 0.29) is 12.4 Å². The Morgan fingerprint density at radius 1 is 0.742 bits per heavy atom.